The van der Waals surface area contributed by atoms with Gasteiger partial charge < -0.3 is 0 Å². The van der Waals surface area contributed by atoms with Crippen molar-refractivity contribution in [2.45, 2.75) is 44.9 Å². The average molecular weight is 163 g/mol. The molecule has 0 amide bonds. The Morgan fingerprint density at radius 1 is 0.917 bits per heavy atom. The van der Waals surface area contributed by atoms with Crippen LogP contribution in [-0.4, -0.2) is 0 Å². The van der Waals surface area contributed by atoms with Crippen LogP contribution in [0.1, 0.15) is 44.9 Å². The van der Waals surface area contributed by atoms with E-state index in [2.05, 4.69) is 6.07 Å². The monoisotopic (exact) mass is 163 g/mol. The lowest BCUT2D eigenvalue weighted by Crippen LogP contribution is -2.15. The van der Waals surface area contributed by atoms with Crippen LogP contribution >= 0.6 is 0 Å². The molecule has 2 fully saturated rings. The summed E-state index contributed by atoms with van der Waals surface area (Å²) in [5.41, 5.74) is 0. The molecule has 2 saturated carbocycles. The van der Waals surface area contributed by atoms with Crippen molar-refractivity contribution in [2.75, 3.05) is 0 Å². The average Bonchev–Trinajstić information content (AvgIpc) is 2.74. The van der Waals surface area contributed by atoms with Gasteiger partial charge in [0, 0.05) is 5.92 Å². The number of nitriles is 1. The lowest BCUT2D eigenvalue weighted by molar-refractivity contribution is 0.305. The Balaban J connectivity index is 1.97. The van der Waals surface area contributed by atoms with E-state index in [1.54, 1.807) is 0 Å². The maximum Gasteiger partial charge on any atom is 0.0658 e. The van der Waals surface area contributed by atoms with Crippen molar-refractivity contribution >= 4 is 0 Å². The summed E-state index contributed by atoms with van der Waals surface area (Å²) >= 11 is 0. The van der Waals surface area contributed by atoms with Crippen LogP contribution in [-0.2, 0) is 0 Å². The molecule has 2 aliphatic carbocycles. The predicted octanol–water partition coefficient (Wildman–Crippen LogP) is 3.12. The molecule has 66 valence electrons. The molecule has 2 rings (SSSR count). The summed E-state index contributed by atoms with van der Waals surface area (Å²) in [6.45, 7) is 0. The zero-order valence-corrected chi connectivity index (χ0v) is 7.63. The summed E-state index contributed by atoms with van der Waals surface area (Å²) in [5, 5.41) is 8.95. The first kappa shape index (κ1) is 8.10. The SMILES string of the molecule is N#CC1CCCC1C1CCCC1. The molecule has 0 saturated heterocycles. The van der Waals surface area contributed by atoms with Crippen molar-refractivity contribution < 1.29 is 0 Å². The molecular weight excluding hydrogens is 146 g/mol. The molecule has 0 radical (unpaired) electrons. The van der Waals surface area contributed by atoms with Gasteiger partial charge in [0.25, 0.3) is 0 Å². The van der Waals surface area contributed by atoms with Crippen LogP contribution in [0.2, 0.25) is 0 Å². The summed E-state index contributed by atoms with van der Waals surface area (Å²) < 4.78 is 0. The quantitative estimate of drug-likeness (QED) is 0.582. The van der Waals surface area contributed by atoms with Gasteiger partial charge in [0.05, 0.1) is 6.07 Å². The van der Waals surface area contributed by atoms with E-state index in [1.165, 1.54) is 44.9 Å². The molecule has 0 spiro atoms. The molecular formula is C11H17N. The summed E-state index contributed by atoms with van der Waals surface area (Å²) in [4.78, 5) is 0. The molecule has 0 aromatic rings. The van der Waals surface area contributed by atoms with Gasteiger partial charge in [0.15, 0.2) is 0 Å². The molecule has 0 N–H and O–H groups in total. The topological polar surface area (TPSA) is 23.8 Å². The second-order valence-corrected chi connectivity index (χ2v) is 4.37. The van der Waals surface area contributed by atoms with Gasteiger partial charge in [0.1, 0.15) is 0 Å². The smallest absolute Gasteiger partial charge is 0.0658 e. The van der Waals surface area contributed by atoms with E-state index in [0.717, 1.165) is 11.8 Å². The highest BCUT2D eigenvalue weighted by atomic mass is 14.4. The number of hydrogen-bond acceptors (Lipinski definition) is 1. The van der Waals surface area contributed by atoms with Crippen LogP contribution in [0.4, 0.5) is 0 Å². The van der Waals surface area contributed by atoms with E-state index in [4.69, 9.17) is 5.26 Å². The first-order valence-electron chi connectivity index (χ1n) is 5.31. The van der Waals surface area contributed by atoms with Gasteiger partial charge in [0.2, 0.25) is 0 Å². The second kappa shape index (κ2) is 3.47. The standard InChI is InChI=1S/C11H17N/c12-8-10-6-3-7-11(10)9-4-1-2-5-9/h9-11H,1-7H2. The molecule has 2 aliphatic rings. The minimum atomic E-state index is 0.410. The van der Waals surface area contributed by atoms with Crippen LogP contribution in [0.25, 0.3) is 0 Å². The third-order valence-corrected chi connectivity index (χ3v) is 3.74. The van der Waals surface area contributed by atoms with E-state index >= 15 is 0 Å². The normalized spacial score (nSPS) is 36.9. The van der Waals surface area contributed by atoms with Gasteiger partial charge in [-0.25, -0.2) is 0 Å². The molecule has 0 aromatic carbocycles. The second-order valence-electron chi connectivity index (χ2n) is 4.37. The fourth-order valence-corrected chi connectivity index (χ4v) is 3.10. The summed E-state index contributed by atoms with van der Waals surface area (Å²) in [7, 11) is 0. The highest BCUT2D eigenvalue weighted by Crippen LogP contribution is 2.43. The van der Waals surface area contributed by atoms with E-state index in [-0.39, 0.29) is 0 Å². The summed E-state index contributed by atoms with van der Waals surface area (Å²) in [5.74, 6) is 2.10. The Kier molecular flexibility index (Phi) is 2.35. The summed E-state index contributed by atoms with van der Waals surface area (Å²) in [6.07, 6.45) is 9.46. The molecule has 0 aromatic heterocycles. The largest absolute Gasteiger partial charge is 0.198 e. The van der Waals surface area contributed by atoms with Crippen LogP contribution in [0, 0.1) is 29.1 Å². The number of nitrogens with zero attached hydrogens (tertiary/aromatic N) is 1. The van der Waals surface area contributed by atoms with E-state index in [9.17, 15) is 0 Å². The van der Waals surface area contributed by atoms with Crippen LogP contribution < -0.4 is 0 Å². The van der Waals surface area contributed by atoms with Crippen molar-refractivity contribution in [3.8, 4) is 6.07 Å². The fraction of sp³-hybridized carbons (Fsp3) is 0.909. The zero-order valence-electron chi connectivity index (χ0n) is 7.63. The number of hydrogen-bond donors (Lipinski definition) is 0. The zero-order chi connectivity index (χ0) is 8.39. The lowest BCUT2D eigenvalue weighted by Gasteiger charge is -2.20. The van der Waals surface area contributed by atoms with Crippen molar-refractivity contribution in [1.82, 2.24) is 0 Å². The Morgan fingerprint density at radius 2 is 1.67 bits per heavy atom. The van der Waals surface area contributed by atoms with Gasteiger partial charge in [-0.15, -0.1) is 0 Å². The summed E-state index contributed by atoms with van der Waals surface area (Å²) in [6, 6.07) is 2.49. The number of rotatable bonds is 1. The fourth-order valence-electron chi connectivity index (χ4n) is 3.10. The molecule has 1 nitrogen and oxygen atoms in total. The van der Waals surface area contributed by atoms with Crippen LogP contribution in [0.5, 0.6) is 0 Å². The van der Waals surface area contributed by atoms with Gasteiger partial charge in [-0.1, -0.05) is 32.1 Å². The van der Waals surface area contributed by atoms with Gasteiger partial charge in [-0.3, -0.25) is 0 Å². The molecule has 1 heteroatoms. The minimum Gasteiger partial charge on any atom is -0.198 e. The molecule has 0 aliphatic heterocycles. The Bertz CT molecular complexity index is 186. The highest BCUT2D eigenvalue weighted by Gasteiger charge is 2.34. The lowest BCUT2D eigenvalue weighted by atomic mass is 9.83. The Hall–Kier alpha value is -0.510. The maximum atomic E-state index is 8.95. The molecule has 0 bridgehead atoms. The van der Waals surface area contributed by atoms with Gasteiger partial charge in [-0.2, -0.15) is 5.26 Å². The third kappa shape index (κ3) is 1.35. The Labute approximate surface area is 74.8 Å². The first-order valence-corrected chi connectivity index (χ1v) is 5.31. The van der Waals surface area contributed by atoms with E-state index in [1.807, 2.05) is 0 Å². The van der Waals surface area contributed by atoms with Crippen molar-refractivity contribution in [3.63, 3.8) is 0 Å². The highest BCUT2D eigenvalue weighted by molar-refractivity contribution is 4.95. The molecule has 0 heterocycles. The third-order valence-electron chi connectivity index (χ3n) is 3.74. The maximum absolute atomic E-state index is 8.95. The van der Waals surface area contributed by atoms with Gasteiger partial charge >= 0.3 is 0 Å². The molecule has 12 heavy (non-hydrogen) atoms. The van der Waals surface area contributed by atoms with Crippen LogP contribution in [0.15, 0.2) is 0 Å². The van der Waals surface area contributed by atoms with Gasteiger partial charge in [-0.05, 0) is 24.7 Å². The first-order chi connectivity index (χ1) is 5.92. The molecule has 2 unspecified atom stereocenters. The van der Waals surface area contributed by atoms with Crippen molar-refractivity contribution in [3.05, 3.63) is 0 Å². The molecule has 2 atom stereocenters. The van der Waals surface area contributed by atoms with Crippen molar-refractivity contribution in [1.29, 1.82) is 5.26 Å². The van der Waals surface area contributed by atoms with Crippen molar-refractivity contribution in [2.24, 2.45) is 17.8 Å². The predicted molar refractivity (Wildman–Crippen MR) is 48.4 cm³/mol. The van der Waals surface area contributed by atoms with E-state index in [0.29, 0.717) is 5.92 Å². The minimum absolute atomic E-state index is 0.410. The van der Waals surface area contributed by atoms with Crippen LogP contribution in [0.3, 0.4) is 0 Å². The Morgan fingerprint density at radius 3 is 2.33 bits per heavy atom. The van der Waals surface area contributed by atoms with E-state index < -0.39 is 0 Å².